The topological polar surface area (TPSA) is 57.6 Å². The minimum atomic E-state index is -0.320. The molecule has 2 aromatic rings. The number of amides is 2. The van der Waals surface area contributed by atoms with Crippen LogP contribution in [0.25, 0.3) is 0 Å². The molecule has 1 aliphatic heterocycles. The van der Waals surface area contributed by atoms with Crippen LogP contribution in [0.5, 0.6) is 5.75 Å². The fraction of sp³-hybridized carbons (Fsp3) is 0. The molecule has 0 saturated carbocycles. The molecule has 0 bridgehead atoms. The first-order chi connectivity index (χ1) is 10.1. The number of nitrogens with zero attached hydrogens (tertiary/aromatic N) is 1. The van der Waals surface area contributed by atoms with Crippen molar-refractivity contribution in [3.05, 3.63) is 60.7 Å². The summed E-state index contributed by atoms with van der Waals surface area (Å²) in [7, 11) is 0. The van der Waals surface area contributed by atoms with Crippen molar-refractivity contribution >= 4 is 29.3 Å². The fourth-order valence-electron chi connectivity index (χ4n) is 1.97. The van der Waals surface area contributed by atoms with E-state index in [0.29, 0.717) is 5.69 Å². The maximum Gasteiger partial charge on any atom is 0.258 e. The second-order valence-corrected chi connectivity index (χ2v) is 5.58. The molecule has 5 heteroatoms. The Morgan fingerprint density at radius 3 is 1.76 bits per heavy atom. The number of aromatic hydroxyl groups is 1. The number of phenolic OH excluding ortho intramolecular Hbond substituents is 1. The average Bonchev–Trinajstić information content (AvgIpc) is 2.82. The number of carbonyl (C=O) groups excluding carboxylic acids is 2. The van der Waals surface area contributed by atoms with E-state index in [0.717, 1.165) is 14.7 Å². The molecule has 1 heterocycles. The van der Waals surface area contributed by atoms with Gasteiger partial charge in [-0.2, -0.15) is 0 Å². The van der Waals surface area contributed by atoms with Crippen LogP contribution in [-0.2, 0) is 9.59 Å². The van der Waals surface area contributed by atoms with Crippen molar-refractivity contribution in [2.75, 3.05) is 4.90 Å². The lowest BCUT2D eigenvalue weighted by atomic mass is 10.3. The summed E-state index contributed by atoms with van der Waals surface area (Å²) in [4.78, 5) is 26.3. The summed E-state index contributed by atoms with van der Waals surface area (Å²) < 4.78 is 0. The van der Waals surface area contributed by atoms with Gasteiger partial charge in [0.25, 0.3) is 11.8 Å². The summed E-state index contributed by atoms with van der Waals surface area (Å²) in [6, 6.07) is 14.1. The summed E-state index contributed by atoms with van der Waals surface area (Å²) >= 11 is 1.53. The van der Waals surface area contributed by atoms with E-state index in [-0.39, 0.29) is 17.6 Å². The molecule has 0 atom stereocenters. The van der Waals surface area contributed by atoms with Gasteiger partial charge in [0.15, 0.2) is 0 Å². The van der Waals surface area contributed by atoms with Gasteiger partial charge in [-0.15, -0.1) is 0 Å². The van der Waals surface area contributed by atoms with Gasteiger partial charge in [-0.25, -0.2) is 4.90 Å². The normalized spacial score (nSPS) is 14.0. The van der Waals surface area contributed by atoms with E-state index < -0.39 is 0 Å². The smallest absolute Gasteiger partial charge is 0.258 e. The highest BCUT2D eigenvalue weighted by atomic mass is 32.2. The number of benzene rings is 2. The monoisotopic (exact) mass is 297 g/mol. The van der Waals surface area contributed by atoms with Crippen LogP contribution in [0.3, 0.4) is 0 Å². The van der Waals surface area contributed by atoms with Crippen LogP contribution >= 0.6 is 11.8 Å². The quantitative estimate of drug-likeness (QED) is 0.885. The zero-order chi connectivity index (χ0) is 14.8. The molecule has 21 heavy (non-hydrogen) atoms. The number of phenols is 1. The van der Waals surface area contributed by atoms with Gasteiger partial charge in [0.2, 0.25) is 0 Å². The van der Waals surface area contributed by atoms with Crippen LogP contribution in [0.2, 0.25) is 0 Å². The van der Waals surface area contributed by atoms with Gasteiger partial charge in [0, 0.05) is 21.9 Å². The van der Waals surface area contributed by atoms with Crippen LogP contribution in [-0.4, -0.2) is 16.9 Å². The summed E-state index contributed by atoms with van der Waals surface area (Å²) in [5.74, 6) is -0.411. The van der Waals surface area contributed by atoms with Crippen LogP contribution in [0.4, 0.5) is 5.69 Å². The van der Waals surface area contributed by atoms with Gasteiger partial charge in [-0.3, -0.25) is 9.59 Å². The second-order valence-electron chi connectivity index (χ2n) is 4.44. The largest absolute Gasteiger partial charge is 0.508 e. The highest BCUT2D eigenvalue weighted by Crippen LogP contribution is 2.30. The first-order valence-corrected chi connectivity index (χ1v) is 7.08. The van der Waals surface area contributed by atoms with E-state index in [4.69, 9.17) is 0 Å². The molecule has 0 saturated heterocycles. The van der Waals surface area contributed by atoms with Crippen molar-refractivity contribution in [1.82, 2.24) is 0 Å². The molecule has 0 fully saturated rings. The fourth-order valence-corrected chi connectivity index (χ4v) is 2.78. The third-order valence-electron chi connectivity index (χ3n) is 2.98. The lowest BCUT2D eigenvalue weighted by molar-refractivity contribution is -0.119. The highest BCUT2D eigenvalue weighted by Gasteiger charge is 2.24. The standard InChI is InChI=1S/C16H11NO3S/c18-12-3-7-14(8-4-12)21-13-5-1-11(2-6-13)17-15(19)9-10-16(17)20/h1-10,18H. The predicted octanol–water partition coefficient (Wildman–Crippen LogP) is 2.97. The number of anilines is 1. The molecule has 0 radical (unpaired) electrons. The molecule has 2 aromatic carbocycles. The zero-order valence-electron chi connectivity index (χ0n) is 10.9. The highest BCUT2D eigenvalue weighted by molar-refractivity contribution is 7.99. The molecule has 0 unspecified atom stereocenters. The van der Waals surface area contributed by atoms with Gasteiger partial charge >= 0.3 is 0 Å². The van der Waals surface area contributed by atoms with E-state index in [1.54, 1.807) is 24.3 Å². The summed E-state index contributed by atoms with van der Waals surface area (Å²) in [6.45, 7) is 0. The Hall–Kier alpha value is -2.53. The second kappa shape index (κ2) is 5.46. The number of carbonyl (C=O) groups is 2. The molecular formula is C16H11NO3S. The SMILES string of the molecule is O=C1C=CC(=O)N1c1ccc(Sc2ccc(O)cc2)cc1. The Labute approximate surface area is 125 Å². The Morgan fingerprint density at radius 1 is 0.762 bits per heavy atom. The molecule has 4 nitrogen and oxygen atoms in total. The van der Waals surface area contributed by atoms with Gasteiger partial charge in [0.1, 0.15) is 5.75 Å². The molecule has 0 aliphatic carbocycles. The third kappa shape index (κ3) is 2.83. The lowest BCUT2D eigenvalue weighted by Gasteiger charge is -2.14. The number of imide groups is 1. The van der Waals surface area contributed by atoms with E-state index in [1.807, 2.05) is 24.3 Å². The molecule has 1 N–H and O–H groups in total. The molecule has 3 rings (SSSR count). The van der Waals surface area contributed by atoms with Crippen molar-refractivity contribution in [3.8, 4) is 5.75 Å². The molecule has 2 amide bonds. The van der Waals surface area contributed by atoms with Gasteiger partial charge < -0.3 is 5.11 Å². The Balaban J connectivity index is 1.77. The van der Waals surface area contributed by atoms with E-state index in [1.165, 1.54) is 23.9 Å². The molecule has 0 aromatic heterocycles. The van der Waals surface area contributed by atoms with E-state index in [9.17, 15) is 14.7 Å². The van der Waals surface area contributed by atoms with Crippen molar-refractivity contribution in [3.63, 3.8) is 0 Å². The van der Waals surface area contributed by atoms with Crippen molar-refractivity contribution in [1.29, 1.82) is 0 Å². The summed E-state index contributed by atoms with van der Waals surface area (Å²) in [5.41, 5.74) is 0.560. The first kappa shape index (κ1) is 13.5. The average molecular weight is 297 g/mol. The first-order valence-electron chi connectivity index (χ1n) is 6.26. The van der Waals surface area contributed by atoms with Crippen molar-refractivity contribution in [2.24, 2.45) is 0 Å². The Bertz CT molecular complexity index is 702. The Morgan fingerprint density at radius 2 is 1.24 bits per heavy atom. The minimum Gasteiger partial charge on any atom is -0.508 e. The van der Waals surface area contributed by atoms with Gasteiger partial charge in [-0.05, 0) is 48.5 Å². The van der Waals surface area contributed by atoms with Crippen LogP contribution in [0.15, 0.2) is 70.5 Å². The maximum atomic E-state index is 11.6. The maximum absolute atomic E-state index is 11.6. The molecule has 1 aliphatic rings. The van der Waals surface area contributed by atoms with Crippen LogP contribution in [0, 0.1) is 0 Å². The van der Waals surface area contributed by atoms with Crippen LogP contribution in [0.1, 0.15) is 0 Å². The summed E-state index contributed by atoms with van der Waals surface area (Å²) in [6.07, 6.45) is 2.53. The van der Waals surface area contributed by atoms with Gasteiger partial charge in [-0.1, -0.05) is 11.8 Å². The number of rotatable bonds is 3. The molecule has 104 valence electrons. The Kier molecular flexibility index (Phi) is 3.50. The van der Waals surface area contributed by atoms with Crippen LogP contribution < -0.4 is 4.90 Å². The zero-order valence-corrected chi connectivity index (χ0v) is 11.7. The lowest BCUT2D eigenvalue weighted by Crippen LogP contribution is -2.29. The van der Waals surface area contributed by atoms with E-state index in [2.05, 4.69) is 0 Å². The summed E-state index contributed by atoms with van der Waals surface area (Å²) in [5, 5.41) is 9.25. The number of hydrogen-bond donors (Lipinski definition) is 1. The predicted molar refractivity (Wildman–Crippen MR) is 80.3 cm³/mol. The minimum absolute atomic E-state index is 0.230. The molecular weight excluding hydrogens is 286 g/mol. The molecule has 0 spiro atoms. The van der Waals surface area contributed by atoms with Crippen molar-refractivity contribution < 1.29 is 14.7 Å². The van der Waals surface area contributed by atoms with E-state index >= 15 is 0 Å². The third-order valence-corrected chi connectivity index (χ3v) is 3.99. The number of hydrogen-bond acceptors (Lipinski definition) is 4. The van der Waals surface area contributed by atoms with Gasteiger partial charge in [0.05, 0.1) is 5.69 Å². The van der Waals surface area contributed by atoms with Crippen molar-refractivity contribution in [2.45, 2.75) is 9.79 Å².